The fraction of sp³-hybridized carbons (Fsp3) is 0.467. The predicted molar refractivity (Wildman–Crippen MR) is 81.6 cm³/mol. The number of nitrogens with zero attached hydrogens (tertiary/aromatic N) is 2. The standard InChI is InChI=1S/C15H16Cl2N2O2/c16-11-7-6-9(8-12(11)17)14-18-15(21-19-14)10-4-2-1-3-5-13(10)20/h6-8,10,13,20H,1-5H2. The van der Waals surface area contributed by atoms with Crippen molar-refractivity contribution < 1.29 is 9.63 Å². The van der Waals surface area contributed by atoms with E-state index in [2.05, 4.69) is 10.1 Å². The summed E-state index contributed by atoms with van der Waals surface area (Å²) < 4.78 is 5.36. The summed E-state index contributed by atoms with van der Waals surface area (Å²) in [5.74, 6) is 0.905. The number of hydrogen-bond donors (Lipinski definition) is 1. The van der Waals surface area contributed by atoms with E-state index in [1.165, 1.54) is 0 Å². The van der Waals surface area contributed by atoms with Crippen molar-refractivity contribution in [3.63, 3.8) is 0 Å². The fourth-order valence-corrected chi connectivity index (χ4v) is 3.01. The van der Waals surface area contributed by atoms with Crippen LogP contribution in [0, 0.1) is 0 Å². The summed E-state index contributed by atoms with van der Waals surface area (Å²) in [5, 5.41) is 15.1. The minimum absolute atomic E-state index is 0.0727. The first kappa shape index (κ1) is 14.8. The molecule has 0 saturated heterocycles. The highest BCUT2D eigenvalue weighted by molar-refractivity contribution is 6.42. The first-order valence-electron chi connectivity index (χ1n) is 7.12. The van der Waals surface area contributed by atoms with E-state index in [0.717, 1.165) is 37.7 Å². The Hall–Kier alpha value is -1.10. The molecule has 1 fully saturated rings. The second-order valence-electron chi connectivity index (χ2n) is 5.40. The number of hydrogen-bond acceptors (Lipinski definition) is 4. The van der Waals surface area contributed by atoms with Crippen LogP contribution in [0.5, 0.6) is 0 Å². The van der Waals surface area contributed by atoms with Gasteiger partial charge < -0.3 is 9.63 Å². The molecule has 21 heavy (non-hydrogen) atoms. The van der Waals surface area contributed by atoms with Crippen LogP contribution < -0.4 is 0 Å². The van der Waals surface area contributed by atoms with E-state index in [0.29, 0.717) is 21.8 Å². The summed E-state index contributed by atoms with van der Waals surface area (Å²) in [7, 11) is 0. The molecule has 1 heterocycles. The molecule has 1 aromatic heterocycles. The molecule has 3 rings (SSSR count). The third-order valence-corrected chi connectivity index (χ3v) is 4.66. The van der Waals surface area contributed by atoms with Crippen LogP contribution >= 0.6 is 23.2 Å². The Labute approximate surface area is 133 Å². The first-order chi connectivity index (χ1) is 10.1. The molecule has 0 spiro atoms. The molecule has 0 radical (unpaired) electrons. The lowest BCUT2D eigenvalue weighted by Gasteiger charge is -2.15. The maximum Gasteiger partial charge on any atom is 0.232 e. The maximum absolute atomic E-state index is 10.2. The van der Waals surface area contributed by atoms with E-state index < -0.39 is 6.10 Å². The summed E-state index contributed by atoms with van der Waals surface area (Å²) in [6.07, 6.45) is 4.52. The molecule has 2 unspecified atom stereocenters. The predicted octanol–water partition coefficient (Wildman–Crippen LogP) is 4.45. The zero-order valence-electron chi connectivity index (χ0n) is 11.4. The van der Waals surface area contributed by atoms with Gasteiger partial charge in [0.1, 0.15) is 0 Å². The van der Waals surface area contributed by atoms with Gasteiger partial charge in [0, 0.05) is 5.56 Å². The SMILES string of the molecule is OC1CCCCCC1c1nc(-c2ccc(Cl)c(Cl)c2)no1. The van der Waals surface area contributed by atoms with Gasteiger partial charge in [-0.15, -0.1) is 0 Å². The van der Waals surface area contributed by atoms with E-state index in [9.17, 15) is 5.11 Å². The average Bonchev–Trinajstić information content (AvgIpc) is 2.85. The van der Waals surface area contributed by atoms with Crippen molar-refractivity contribution in [1.29, 1.82) is 0 Å². The topological polar surface area (TPSA) is 59.2 Å². The highest BCUT2D eigenvalue weighted by atomic mass is 35.5. The lowest BCUT2D eigenvalue weighted by Crippen LogP contribution is -2.17. The molecule has 6 heteroatoms. The summed E-state index contributed by atoms with van der Waals surface area (Å²) in [4.78, 5) is 4.43. The Morgan fingerprint density at radius 3 is 2.71 bits per heavy atom. The molecule has 1 N–H and O–H groups in total. The van der Waals surface area contributed by atoms with Crippen LogP contribution in [0.4, 0.5) is 0 Å². The Balaban J connectivity index is 1.86. The van der Waals surface area contributed by atoms with E-state index in [1.54, 1.807) is 18.2 Å². The van der Waals surface area contributed by atoms with Crippen molar-refractivity contribution in [1.82, 2.24) is 10.1 Å². The number of aliphatic hydroxyl groups excluding tert-OH is 1. The van der Waals surface area contributed by atoms with Gasteiger partial charge in [-0.25, -0.2) is 0 Å². The number of halogens is 2. The molecule has 1 saturated carbocycles. The summed E-state index contributed by atoms with van der Waals surface area (Å²) in [6.45, 7) is 0. The Morgan fingerprint density at radius 2 is 1.90 bits per heavy atom. The van der Waals surface area contributed by atoms with Crippen LogP contribution in [0.1, 0.15) is 43.9 Å². The third-order valence-electron chi connectivity index (χ3n) is 3.92. The molecule has 112 valence electrons. The Bertz CT molecular complexity index is 630. The Morgan fingerprint density at radius 1 is 1.10 bits per heavy atom. The van der Waals surface area contributed by atoms with Crippen LogP contribution in [-0.4, -0.2) is 21.4 Å². The second kappa shape index (κ2) is 6.34. The van der Waals surface area contributed by atoms with Crippen molar-refractivity contribution in [2.75, 3.05) is 0 Å². The van der Waals surface area contributed by atoms with Crippen LogP contribution in [0.15, 0.2) is 22.7 Å². The molecule has 1 aliphatic rings. The molecular weight excluding hydrogens is 311 g/mol. The molecule has 4 nitrogen and oxygen atoms in total. The van der Waals surface area contributed by atoms with Gasteiger partial charge >= 0.3 is 0 Å². The molecule has 2 atom stereocenters. The number of benzene rings is 1. The quantitative estimate of drug-likeness (QED) is 0.828. The zero-order chi connectivity index (χ0) is 14.8. The number of aromatic nitrogens is 2. The molecule has 0 aliphatic heterocycles. The molecule has 2 aromatic rings. The van der Waals surface area contributed by atoms with Crippen LogP contribution in [0.2, 0.25) is 10.0 Å². The third kappa shape index (κ3) is 3.23. The first-order valence-corrected chi connectivity index (χ1v) is 7.88. The lowest BCUT2D eigenvalue weighted by molar-refractivity contribution is 0.119. The summed E-state index contributed by atoms with van der Waals surface area (Å²) in [6, 6.07) is 5.21. The van der Waals surface area contributed by atoms with E-state index in [-0.39, 0.29) is 5.92 Å². The maximum atomic E-state index is 10.2. The van der Waals surface area contributed by atoms with Crippen molar-refractivity contribution in [2.45, 2.75) is 44.1 Å². The van der Waals surface area contributed by atoms with Crippen molar-refractivity contribution in [3.8, 4) is 11.4 Å². The van der Waals surface area contributed by atoms with Gasteiger partial charge in [0.25, 0.3) is 0 Å². The molecule has 1 aliphatic carbocycles. The zero-order valence-corrected chi connectivity index (χ0v) is 12.9. The van der Waals surface area contributed by atoms with Gasteiger partial charge in [-0.1, -0.05) is 47.6 Å². The van der Waals surface area contributed by atoms with Crippen molar-refractivity contribution in [2.24, 2.45) is 0 Å². The van der Waals surface area contributed by atoms with Crippen LogP contribution in [0.25, 0.3) is 11.4 Å². The largest absolute Gasteiger partial charge is 0.392 e. The molecule has 1 aromatic carbocycles. The van der Waals surface area contributed by atoms with Crippen molar-refractivity contribution in [3.05, 3.63) is 34.1 Å². The highest BCUT2D eigenvalue weighted by Crippen LogP contribution is 2.33. The summed E-state index contributed by atoms with van der Waals surface area (Å²) >= 11 is 11.9. The van der Waals surface area contributed by atoms with Gasteiger partial charge in [0.2, 0.25) is 11.7 Å². The molecular formula is C15H16Cl2N2O2. The minimum atomic E-state index is -0.408. The molecule has 0 bridgehead atoms. The van der Waals surface area contributed by atoms with Crippen LogP contribution in [-0.2, 0) is 0 Å². The lowest BCUT2D eigenvalue weighted by atomic mass is 9.97. The van der Waals surface area contributed by atoms with Crippen molar-refractivity contribution >= 4 is 23.2 Å². The minimum Gasteiger partial charge on any atom is -0.392 e. The van der Waals surface area contributed by atoms with Gasteiger partial charge in [-0.2, -0.15) is 4.98 Å². The van der Waals surface area contributed by atoms with Gasteiger partial charge in [-0.3, -0.25) is 0 Å². The fourth-order valence-electron chi connectivity index (χ4n) is 2.71. The van der Waals surface area contributed by atoms with Gasteiger partial charge in [-0.05, 0) is 31.0 Å². The second-order valence-corrected chi connectivity index (χ2v) is 6.21. The van der Waals surface area contributed by atoms with E-state index in [4.69, 9.17) is 27.7 Å². The van der Waals surface area contributed by atoms with Gasteiger partial charge in [0.05, 0.1) is 22.1 Å². The highest BCUT2D eigenvalue weighted by Gasteiger charge is 2.28. The Kier molecular flexibility index (Phi) is 4.48. The van der Waals surface area contributed by atoms with Crippen LogP contribution in [0.3, 0.4) is 0 Å². The average molecular weight is 327 g/mol. The number of rotatable bonds is 2. The van der Waals surface area contributed by atoms with Gasteiger partial charge in [0.15, 0.2) is 0 Å². The summed E-state index contributed by atoms with van der Waals surface area (Å²) in [5.41, 5.74) is 0.752. The molecule has 0 amide bonds. The smallest absolute Gasteiger partial charge is 0.232 e. The number of aliphatic hydroxyl groups is 1. The van der Waals surface area contributed by atoms with E-state index >= 15 is 0 Å². The monoisotopic (exact) mass is 326 g/mol. The normalized spacial score (nSPS) is 23.0. The van der Waals surface area contributed by atoms with E-state index in [1.807, 2.05) is 0 Å².